The number of methoxy groups -OCH3 is 1. The van der Waals surface area contributed by atoms with Crippen molar-refractivity contribution in [2.24, 2.45) is 0 Å². The molecule has 84 valence electrons. The summed E-state index contributed by atoms with van der Waals surface area (Å²) in [5.41, 5.74) is 0. The van der Waals surface area contributed by atoms with Crippen LogP contribution < -0.4 is 10.6 Å². The molecule has 0 aliphatic heterocycles. The third kappa shape index (κ3) is 8.01. The third-order valence-corrected chi connectivity index (χ3v) is 1.94. The molecule has 0 bridgehead atoms. The van der Waals surface area contributed by atoms with Gasteiger partial charge >= 0.3 is 0 Å². The molecular formula is C10H22N2O2. The van der Waals surface area contributed by atoms with Gasteiger partial charge in [-0.3, -0.25) is 4.79 Å². The molecule has 0 aromatic carbocycles. The number of carbonyl (C=O) groups is 1. The van der Waals surface area contributed by atoms with E-state index >= 15 is 0 Å². The van der Waals surface area contributed by atoms with Gasteiger partial charge in [0.15, 0.2) is 0 Å². The third-order valence-electron chi connectivity index (χ3n) is 1.94. The van der Waals surface area contributed by atoms with Crippen LogP contribution in [-0.4, -0.2) is 38.8 Å². The number of amides is 1. The zero-order chi connectivity index (χ0) is 10.8. The van der Waals surface area contributed by atoms with E-state index in [0.717, 1.165) is 19.5 Å². The van der Waals surface area contributed by atoms with Crippen LogP contribution in [0.5, 0.6) is 0 Å². The van der Waals surface area contributed by atoms with Crippen molar-refractivity contribution in [3.63, 3.8) is 0 Å². The molecule has 0 spiro atoms. The maximum absolute atomic E-state index is 11.3. The zero-order valence-electron chi connectivity index (χ0n) is 9.43. The highest BCUT2D eigenvalue weighted by atomic mass is 16.5. The first-order chi connectivity index (χ1) is 6.70. The molecule has 0 saturated heterocycles. The summed E-state index contributed by atoms with van der Waals surface area (Å²) >= 11 is 0. The Morgan fingerprint density at radius 1 is 1.50 bits per heavy atom. The van der Waals surface area contributed by atoms with Crippen LogP contribution in [-0.2, 0) is 9.53 Å². The summed E-state index contributed by atoms with van der Waals surface area (Å²) in [5.74, 6) is 0.106. The maximum Gasteiger partial charge on any atom is 0.221 e. The van der Waals surface area contributed by atoms with Gasteiger partial charge in [0.2, 0.25) is 5.91 Å². The van der Waals surface area contributed by atoms with E-state index in [1.165, 1.54) is 0 Å². The van der Waals surface area contributed by atoms with Gasteiger partial charge < -0.3 is 15.4 Å². The summed E-state index contributed by atoms with van der Waals surface area (Å²) in [4.78, 5) is 11.3. The van der Waals surface area contributed by atoms with E-state index < -0.39 is 0 Å². The average molecular weight is 202 g/mol. The first-order valence-corrected chi connectivity index (χ1v) is 5.19. The summed E-state index contributed by atoms with van der Waals surface area (Å²) in [5, 5.41) is 6.02. The number of hydrogen-bond donors (Lipinski definition) is 2. The minimum Gasteiger partial charge on any atom is -0.385 e. The minimum atomic E-state index is 0.106. The van der Waals surface area contributed by atoms with Crippen molar-refractivity contribution in [1.29, 1.82) is 0 Å². The molecule has 1 unspecified atom stereocenters. The lowest BCUT2D eigenvalue weighted by Crippen LogP contribution is -2.35. The fourth-order valence-corrected chi connectivity index (χ4v) is 1.09. The second-order valence-electron chi connectivity index (χ2n) is 3.35. The van der Waals surface area contributed by atoms with Crippen LogP contribution in [0.25, 0.3) is 0 Å². The Kier molecular flexibility index (Phi) is 8.57. The molecule has 0 saturated carbocycles. The fraction of sp³-hybridized carbons (Fsp3) is 0.900. The van der Waals surface area contributed by atoms with Gasteiger partial charge in [-0.05, 0) is 19.9 Å². The van der Waals surface area contributed by atoms with E-state index in [9.17, 15) is 4.79 Å². The molecule has 1 atom stereocenters. The Bertz CT molecular complexity index is 151. The molecule has 0 aromatic heterocycles. The molecular weight excluding hydrogens is 180 g/mol. The highest BCUT2D eigenvalue weighted by molar-refractivity contribution is 5.76. The number of hydrogen-bond acceptors (Lipinski definition) is 3. The number of rotatable bonds is 8. The molecule has 0 aliphatic carbocycles. The topological polar surface area (TPSA) is 50.4 Å². The van der Waals surface area contributed by atoms with Crippen LogP contribution in [0.2, 0.25) is 0 Å². The first-order valence-electron chi connectivity index (χ1n) is 5.19. The van der Waals surface area contributed by atoms with Gasteiger partial charge in [0, 0.05) is 32.7 Å². The lowest BCUT2D eigenvalue weighted by molar-refractivity contribution is -0.121. The minimum absolute atomic E-state index is 0.106. The quantitative estimate of drug-likeness (QED) is 0.564. The molecule has 4 heteroatoms. The van der Waals surface area contributed by atoms with E-state index in [0.29, 0.717) is 13.0 Å². The fourth-order valence-electron chi connectivity index (χ4n) is 1.09. The van der Waals surface area contributed by atoms with Crippen molar-refractivity contribution in [2.75, 3.05) is 26.8 Å². The van der Waals surface area contributed by atoms with Gasteiger partial charge in [-0.2, -0.15) is 0 Å². The van der Waals surface area contributed by atoms with Crippen molar-refractivity contribution in [3.05, 3.63) is 0 Å². The summed E-state index contributed by atoms with van der Waals surface area (Å²) in [6.45, 7) is 6.36. The van der Waals surface area contributed by atoms with Crippen molar-refractivity contribution in [3.8, 4) is 0 Å². The normalized spacial score (nSPS) is 12.5. The Morgan fingerprint density at radius 3 is 2.79 bits per heavy atom. The van der Waals surface area contributed by atoms with E-state index in [4.69, 9.17) is 4.74 Å². The number of nitrogens with one attached hydrogen (secondary N) is 2. The molecule has 14 heavy (non-hydrogen) atoms. The van der Waals surface area contributed by atoms with E-state index in [1.54, 1.807) is 7.11 Å². The molecule has 2 N–H and O–H groups in total. The Balaban J connectivity index is 3.40. The van der Waals surface area contributed by atoms with E-state index in [-0.39, 0.29) is 11.9 Å². The molecule has 0 fully saturated rings. The second kappa shape index (κ2) is 8.97. The first kappa shape index (κ1) is 13.4. The second-order valence-corrected chi connectivity index (χ2v) is 3.35. The average Bonchev–Trinajstić information content (AvgIpc) is 2.15. The van der Waals surface area contributed by atoms with Gasteiger partial charge in [0.05, 0.1) is 0 Å². The van der Waals surface area contributed by atoms with Crippen LogP contribution >= 0.6 is 0 Å². The smallest absolute Gasteiger partial charge is 0.221 e. The van der Waals surface area contributed by atoms with Gasteiger partial charge in [-0.25, -0.2) is 0 Å². The molecule has 0 rings (SSSR count). The van der Waals surface area contributed by atoms with Crippen molar-refractivity contribution < 1.29 is 9.53 Å². The Labute approximate surface area is 86.4 Å². The monoisotopic (exact) mass is 202 g/mol. The molecule has 4 nitrogen and oxygen atoms in total. The summed E-state index contributed by atoms with van der Waals surface area (Å²) in [6, 6.07) is 0.198. The van der Waals surface area contributed by atoms with Gasteiger partial charge in [0.1, 0.15) is 0 Å². The number of carbonyl (C=O) groups excluding carboxylic acids is 1. The standard InChI is InChI=1S/C10H22N2O2/c1-4-11-7-5-10(13)12-9(2)6-8-14-3/h9,11H,4-8H2,1-3H3,(H,12,13). The molecule has 0 aliphatic rings. The SMILES string of the molecule is CCNCCC(=O)NC(C)CCOC. The highest BCUT2D eigenvalue weighted by Crippen LogP contribution is 1.91. The van der Waals surface area contributed by atoms with E-state index in [2.05, 4.69) is 10.6 Å². The lowest BCUT2D eigenvalue weighted by Gasteiger charge is -2.13. The summed E-state index contributed by atoms with van der Waals surface area (Å²) < 4.78 is 4.93. The summed E-state index contributed by atoms with van der Waals surface area (Å²) in [7, 11) is 1.67. The van der Waals surface area contributed by atoms with Crippen molar-refractivity contribution in [2.45, 2.75) is 32.7 Å². The van der Waals surface area contributed by atoms with Gasteiger partial charge in [-0.15, -0.1) is 0 Å². The van der Waals surface area contributed by atoms with Gasteiger partial charge in [0.25, 0.3) is 0 Å². The lowest BCUT2D eigenvalue weighted by atomic mass is 10.2. The number of ether oxygens (including phenoxy) is 1. The van der Waals surface area contributed by atoms with Crippen LogP contribution in [0.1, 0.15) is 26.7 Å². The molecule has 0 aromatic rings. The summed E-state index contributed by atoms with van der Waals surface area (Å²) in [6.07, 6.45) is 1.41. The van der Waals surface area contributed by atoms with Crippen molar-refractivity contribution in [1.82, 2.24) is 10.6 Å². The zero-order valence-corrected chi connectivity index (χ0v) is 9.43. The molecule has 1 amide bonds. The largest absolute Gasteiger partial charge is 0.385 e. The Morgan fingerprint density at radius 2 is 2.21 bits per heavy atom. The van der Waals surface area contributed by atoms with Crippen LogP contribution in [0.3, 0.4) is 0 Å². The molecule has 0 heterocycles. The maximum atomic E-state index is 11.3. The molecule has 0 radical (unpaired) electrons. The van der Waals surface area contributed by atoms with Crippen LogP contribution in [0.4, 0.5) is 0 Å². The van der Waals surface area contributed by atoms with Gasteiger partial charge in [-0.1, -0.05) is 6.92 Å². The highest BCUT2D eigenvalue weighted by Gasteiger charge is 2.05. The van der Waals surface area contributed by atoms with E-state index in [1.807, 2.05) is 13.8 Å². The predicted molar refractivity (Wildman–Crippen MR) is 57.3 cm³/mol. The Hall–Kier alpha value is -0.610. The van der Waals surface area contributed by atoms with Crippen LogP contribution in [0, 0.1) is 0 Å². The van der Waals surface area contributed by atoms with Crippen molar-refractivity contribution >= 4 is 5.91 Å². The predicted octanol–water partition coefficient (Wildman–Crippen LogP) is 0.527. The van der Waals surface area contributed by atoms with Crippen LogP contribution in [0.15, 0.2) is 0 Å².